The summed E-state index contributed by atoms with van der Waals surface area (Å²) in [5.41, 5.74) is 0. The molecule has 2 rings (SSSR count). The maximum atomic E-state index is 4.11. The lowest BCUT2D eigenvalue weighted by Crippen LogP contribution is -2.34. The molecule has 0 bridgehead atoms. The summed E-state index contributed by atoms with van der Waals surface area (Å²) in [6.07, 6.45) is 7.56. The van der Waals surface area contributed by atoms with Crippen molar-refractivity contribution in [3.63, 3.8) is 0 Å². The highest BCUT2D eigenvalue weighted by atomic mass is 15.2. The molecule has 0 aliphatic carbocycles. The molecular formula is C12H23N5. The van der Waals surface area contributed by atoms with E-state index in [1.807, 2.05) is 0 Å². The lowest BCUT2D eigenvalue weighted by Gasteiger charge is -2.18. The highest BCUT2D eigenvalue weighted by Gasteiger charge is 2.16. The van der Waals surface area contributed by atoms with Crippen molar-refractivity contribution in [3.05, 3.63) is 12.2 Å². The number of aryl methyl sites for hydroxylation is 1. The van der Waals surface area contributed by atoms with E-state index in [1.54, 1.807) is 6.33 Å². The van der Waals surface area contributed by atoms with Gasteiger partial charge in [0, 0.05) is 18.5 Å². The summed E-state index contributed by atoms with van der Waals surface area (Å²) < 4.78 is 0. The highest BCUT2D eigenvalue weighted by Crippen LogP contribution is 2.10. The van der Waals surface area contributed by atoms with Gasteiger partial charge in [-0.1, -0.05) is 0 Å². The summed E-state index contributed by atoms with van der Waals surface area (Å²) in [6, 6.07) is 1.33. The standard InChI is InChI=1S/C12H23N5/c1-10(8-11-4-2-7-14-11)13-6-3-5-12-15-9-16-17-12/h9-11,13-14H,2-8H2,1H3,(H,15,16,17). The van der Waals surface area contributed by atoms with Crippen LogP contribution in [0.2, 0.25) is 0 Å². The topological polar surface area (TPSA) is 65.6 Å². The van der Waals surface area contributed by atoms with Gasteiger partial charge in [-0.3, -0.25) is 5.10 Å². The maximum absolute atomic E-state index is 4.11. The van der Waals surface area contributed by atoms with E-state index in [0.29, 0.717) is 6.04 Å². The number of hydrogen-bond acceptors (Lipinski definition) is 4. The summed E-state index contributed by atoms with van der Waals surface area (Å²) in [5.74, 6) is 0.983. The van der Waals surface area contributed by atoms with Crippen LogP contribution in [0.3, 0.4) is 0 Å². The van der Waals surface area contributed by atoms with Gasteiger partial charge in [0.25, 0.3) is 0 Å². The van der Waals surface area contributed by atoms with E-state index in [4.69, 9.17) is 0 Å². The Morgan fingerprint density at radius 1 is 1.59 bits per heavy atom. The Balaban J connectivity index is 1.52. The fourth-order valence-corrected chi connectivity index (χ4v) is 2.42. The Bertz CT molecular complexity index is 292. The molecule has 1 aromatic rings. The first-order valence-corrected chi connectivity index (χ1v) is 6.65. The van der Waals surface area contributed by atoms with E-state index >= 15 is 0 Å². The minimum Gasteiger partial charge on any atom is -0.314 e. The molecule has 2 heterocycles. The van der Waals surface area contributed by atoms with Crippen LogP contribution in [0.25, 0.3) is 0 Å². The third-order valence-corrected chi connectivity index (χ3v) is 3.35. The van der Waals surface area contributed by atoms with Gasteiger partial charge in [-0.15, -0.1) is 0 Å². The Hall–Kier alpha value is -0.940. The van der Waals surface area contributed by atoms with Crippen LogP contribution in [-0.4, -0.2) is 40.4 Å². The van der Waals surface area contributed by atoms with Crippen LogP contribution in [-0.2, 0) is 6.42 Å². The zero-order valence-electron chi connectivity index (χ0n) is 10.6. The normalized spacial score (nSPS) is 21.8. The van der Waals surface area contributed by atoms with E-state index in [2.05, 4.69) is 32.7 Å². The lowest BCUT2D eigenvalue weighted by atomic mass is 10.1. The predicted octanol–water partition coefficient (Wildman–Crippen LogP) is 0.857. The van der Waals surface area contributed by atoms with Crippen LogP contribution in [0.5, 0.6) is 0 Å². The van der Waals surface area contributed by atoms with Crippen molar-refractivity contribution in [2.45, 2.75) is 51.1 Å². The minimum absolute atomic E-state index is 0.598. The molecule has 5 heteroatoms. The summed E-state index contributed by atoms with van der Waals surface area (Å²) >= 11 is 0. The zero-order chi connectivity index (χ0) is 11.9. The zero-order valence-corrected chi connectivity index (χ0v) is 10.6. The molecule has 3 N–H and O–H groups in total. The molecule has 2 unspecified atom stereocenters. The SMILES string of the molecule is CC(CC1CCCN1)NCCCc1ncn[nH]1. The molecule has 1 fully saturated rings. The largest absolute Gasteiger partial charge is 0.314 e. The van der Waals surface area contributed by atoms with E-state index in [1.165, 1.54) is 25.8 Å². The molecule has 0 saturated carbocycles. The van der Waals surface area contributed by atoms with Crippen LogP contribution in [0, 0.1) is 0 Å². The lowest BCUT2D eigenvalue weighted by molar-refractivity contribution is 0.437. The van der Waals surface area contributed by atoms with Crippen LogP contribution in [0.4, 0.5) is 0 Å². The molecule has 1 aliphatic rings. The molecule has 0 aromatic carbocycles. The van der Waals surface area contributed by atoms with Crippen molar-refractivity contribution in [3.8, 4) is 0 Å². The van der Waals surface area contributed by atoms with Crippen LogP contribution >= 0.6 is 0 Å². The molecule has 2 atom stereocenters. The second-order valence-corrected chi connectivity index (χ2v) is 4.92. The second kappa shape index (κ2) is 6.71. The second-order valence-electron chi connectivity index (χ2n) is 4.92. The average molecular weight is 237 g/mol. The third kappa shape index (κ3) is 4.44. The molecule has 5 nitrogen and oxygen atoms in total. The number of aromatic nitrogens is 3. The van der Waals surface area contributed by atoms with Crippen molar-refractivity contribution < 1.29 is 0 Å². The van der Waals surface area contributed by atoms with Crippen molar-refractivity contribution in [1.29, 1.82) is 0 Å². The van der Waals surface area contributed by atoms with Gasteiger partial charge in [0.1, 0.15) is 12.2 Å². The van der Waals surface area contributed by atoms with E-state index in [9.17, 15) is 0 Å². The first kappa shape index (κ1) is 12.5. The number of nitrogens with one attached hydrogen (secondary N) is 3. The van der Waals surface area contributed by atoms with Crippen LogP contribution < -0.4 is 10.6 Å². The Kier molecular flexibility index (Phi) is 4.94. The number of aromatic amines is 1. The molecule has 0 amide bonds. The molecule has 0 spiro atoms. The van der Waals surface area contributed by atoms with Gasteiger partial charge in [0.05, 0.1) is 0 Å². The molecule has 96 valence electrons. The maximum Gasteiger partial charge on any atom is 0.137 e. The van der Waals surface area contributed by atoms with Crippen LogP contribution in [0.1, 0.15) is 38.4 Å². The average Bonchev–Trinajstić information content (AvgIpc) is 2.96. The Morgan fingerprint density at radius 3 is 3.24 bits per heavy atom. The number of hydrogen-bond donors (Lipinski definition) is 3. The van der Waals surface area contributed by atoms with Gasteiger partial charge < -0.3 is 10.6 Å². The molecular weight excluding hydrogens is 214 g/mol. The highest BCUT2D eigenvalue weighted by molar-refractivity contribution is 4.81. The van der Waals surface area contributed by atoms with Crippen molar-refractivity contribution >= 4 is 0 Å². The quantitative estimate of drug-likeness (QED) is 0.615. The van der Waals surface area contributed by atoms with Crippen LogP contribution in [0.15, 0.2) is 6.33 Å². The monoisotopic (exact) mass is 237 g/mol. The smallest absolute Gasteiger partial charge is 0.137 e. The first-order valence-electron chi connectivity index (χ1n) is 6.65. The fraction of sp³-hybridized carbons (Fsp3) is 0.833. The predicted molar refractivity (Wildman–Crippen MR) is 67.8 cm³/mol. The first-order chi connectivity index (χ1) is 8.34. The summed E-state index contributed by atoms with van der Waals surface area (Å²) in [5, 5.41) is 13.8. The van der Waals surface area contributed by atoms with E-state index in [0.717, 1.165) is 31.3 Å². The van der Waals surface area contributed by atoms with Gasteiger partial charge in [0.15, 0.2) is 0 Å². The van der Waals surface area contributed by atoms with Gasteiger partial charge in [-0.25, -0.2) is 4.98 Å². The summed E-state index contributed by atoms with van der Waals surface area (Å²) in [4.78, 5) is 4.11. The molecule has 1 saturated heterocycles. The molecule has 17 heavy (non-hydrogen) atoms. The molecule has 1 aliphatic heterocycles. The van der Waals surface area contributed by atoms with E-state index in [-0.39, 0.29) is 0 Å². The van der Waals surface area contributed by atoms with Gasteiger partial charge in [0.2, 0.25) is 0 Å². The molecule has 1 aromatic heterocycles. The number of rotatable bonds is 7. The summed E-state index contributed by atoms with van der Waals surface area (Å²) in [7, 11) is 0. The van der Waals surface area contributed by atoms with Crippen molar-refractivity contribution in [1.82, 2.24) is 25.8 Å². The van der Waals surface area contributed by atoms with Crippen molar-refractivity contribution in [2.75, 3.05) is 13.1 Å². The Morgan fingerprint density at radius 2 is 2.53 bits per heavy atom. The van der Waals surface area contributed by atoms with Crippen molar-refractivity contribution in [2.24, 2.45) is 0 Å². The van der Waals surface area contributed by atoms with Gasteiger partial charge in [-0.2, -0.15) is 5.10 Å². The fourth-order valence-electron chi connectivity index (χ4n) is 2.42. The van der Waals surface area contributed by atoms with Gasteiger partial charge in [-0.05, 0) is 45.7 Å². The summed E-state index contributed by atoms with van der Waals surface area (Å²) in [6.45, 7) is 4.52. The van der Waals surface area contributed by atoms with E-state index < -0.39 is 0 Å². The molecule has 0 radical (unpaired) electrons. The third-order valence-electron chi connectivity index (χ3n) is 3.35. The van der Waals surface area contributed by atoms with Gasteiger partial charge >= 0.3 is 0 Å². The number of nitrogens with zero attached hydrogens (tertiary/aromatic N) is 2. The Labute approximate surface area is 103 Å². The number of H-pyrrole nitrogens is 1. The minimum atomic E-state index is 0.598.